The van der Waals surface area contributed by atoms with Gasteiger partial charge < -0.3 is 5.73 Å². The molecule has 2 aromatic rings. The Balaban J connectivity index is 2.29. The van der Waals surface area contributed by atoms with Crippen LogP contribution in [-0.2, 0) is 0 Å². The summed E-state index contributed by atoms with van der Waals surface area (Å²) in [5, 5.41) is 6.15. The molecule has 90 valence electrons. The molecule has 17 heavy (non-hydrogen) atoms. The third kappa shape index (κ3) is 3.13. The molecule has 0 atom stereocenters. The molecule has 3 N–H and O–H groups in total. The zero-order chi connectivity index (χ0) is 12.5. The van der Waals surface area contributed by atoms with Gasteiger partial charge in [0, 0.05) is 10.5 Å². The first-order chi connectivity index (χ1) is 7.94. The Morgan fingerprint density at radius 3 is 2.65 bits per heavy atom. The highest BCUT2D eigenvalue weighted by atomic mass is 32.2. The molecule has 8 heteroatoms. The van der Waals surface area contributed by atoms with Crippen molar-refractivity contribution < 1.29 is 13.2 Å². The van der Waals surface area contributed by atoms with Crippen LogP contribution >= 0.6 is 11.8 Å². The summed E-state index contributed by atoms with van der Waals surface area (Å²) < 4.78 is 36.6. The lowest BCUT2D eigenvalue weighted by Crippen LogP contribution is -1.98. The quantitative estimate of drug-likeness (QED) is 0.814. The zero-order valence-corrected chi connectivity index (χ0v) is 9.14. The predicted molar refractivity (Wildman–Crippen MR) is 58.1 cm³/mol. The summed E-state index contributed by atoms with van der Waals surface area (Å²) in [4.78, 5) is 3.93. The van der Waals surface area contributed by atoms with Crippen molar-refractivity contribution in [1.82, 2.24) is 15.2 Å². The number of aromatic nitrogens is 3. The number of rotatable bonds is 2. The van der Waals surface area contributed by atoms with Gasteiger partial charge in [-0.3, -0.25) is 5.10 Å². The second-order valence-corrected chi connectivity index (χ2v) is 4.26. The highest BCUT2D eigenvalue weighted by Crippen LogP contribution is 2.37. The molecule has 1 heterocycles. The van der Waals surface area contributed by atoms with Gasteiger partial charge in [-0.05, 0) is 23.9 Å². The monoisotopic (exact) mass is 260 g/mol. The molecule has 0 aliphatic carbocycles. The van der Waals surface area contributed by atoms with E-state index in [4.69, 9.17) is 5.73 Å². The molecular formula is C9H7F3N4S. The van der Waals surface area contributed by atoms with Gasteiger partial charge in [0.2, 0.25) is 5.95 Å². The van der Waals surface area contributed by atoms with E-state index in [-0.39, 0.29) is 22.6 Å². The molecule has 1 aromatic carbocycles. The SMILES string of the molecule is Nc1n[nH]c(-c2cccc(SC(F)(F)F)c2)n1. The van der Waals surface area contributed by atoms with E-state index in [2.05, 4.69) is 15.2 Å². The molecular weight excluding hydrogens is 253 g/mol. The van der Waals surface area contributed by atoms with Crippen LogP contribution in [-0.4, -0.2) is 20.7 Å². The van der Waals surface area contributed by atoms with Crippen LogP contribution < -0.4 is 5.73 Å². The van der Waals surface area contributed by atoms with E-state index >= 15 is 0 Å². The van der Waals surface area contributed by atoms with Gasteiger partial charge in [-0.25, -0.2) is 0 Å². The molecule has 0 unspecified atom stereocenters. The fraction of sp³-hybridized carbons (Fsp3) is 0.111. The van der Waals surface area contributed by atoms with Gasteiger partial charge in [0.15, 0.2) is 5.82 Å². The van der Waals surface area contributed by atoms with Crippen LogP contribution in [0.15, 0.2) is 29.2 Å². The molecule has 4 nitrogen and oxygen atoms in total. The Hall–Kier alpha value is -1.70. The average Bonchev–Trinajstić information content (AvgIpc) is 2.63. The van der Waals surface area contributed by atoms with Crippen LogP contribution in [0.5, 0.6) is 0 Å². The topological polar surface area (TPSA) is 67.6 Å². The minimum absolute atomic E-state index is 0.0499. The molecule has 0 saturated heterocycles. The Morgan fingerprint density at radius 2 is 2.06 bits per heavy atom. The van der Waals surface area contributed by atoms with Gasteiger partial charge in [-0.2, -0.15) is 18.2 Å². The van der Waals surface area contributed by atoms with Crippen molar-refractivity contribution in [1.29, 1.82) is 0 Å². The van der Waals surface area contributed by atoms with Crippen LogP contribution in [0.25, 0.3) is 11.4 Å². The number of halogens is 3. The number of nitrogen functional groups attached to an aromatic ring is 1. The normalized spacial score (nSPS) is 11.7. The molecule has 2 rings (SSSR count). The summed E-state index contributed by atoms with van der Waals surface area (Å²) in [6.45, 7) is 0. The number of nitrogens with zero attached hydrogens (tertiary/aromatic N) is 2. The minimum atomic E-state index is -4.31. The van der Waals surface area contributed by atoms with E-state index in [1.165, 1.54) is 18.2 Å². The number of H-pyrrole nitrogens is 1. The van der Waals surface area contributed by atoms with E-state index in [9.17, 15) is 13.2 Å². The van der Waals surface area contributed by atoms with E-state index in [0.717, 1.165) is 0 Å². The van der Waals surface area contributed by atoms with Crippen molar-refractivity contribution in [2.75, 3.05) is 5.73 Å². The number of hydrogen-bond acceptors (Lipinski definition) is 4. The number of aromatic amines is 1. The minimum Gasteiger partial charge on any atom is -0.366 e. The first kappa shape index (κ1) is 11.8. The summed E-state index contributed by atoms with van der Waals surface area (Å²) in [5.41, 5.74) is 1.51. The van der Waals surface area contributed by atoms with Crippen molar-refractivity contribution >= 4 is 17.7 Å². The molecule has 0 aliphatic heterocycles. The van der Waals surface area contributed by atoms with Crippen molar-refractivity contribution in [2.24, 2.45) is 0 Å². The third-order valence-electron chi connectivity index (χ3n) is 1.84. The van der Waals surface area contributed by atoms with Crippen molar-refractivity contribution in [3.63, 3.8) is 0 Å². The number of anilines is 1. The summed E-state index contributed by atoms with van der Waals surface area (Å²) in [7, 11) is 0. The van der Waals surface area contributed by atoms with Gasteiger partial charge in [0.05, 0.1) is 0 Å². The largest absolute Gasteiger partial charge is 0.446 e. The molecule has 0 radical (unpaired) electrons. The molecule has 1 aromatic heterocycles. The first-order valence-electron chi connectivity index (χ1n) is 4.48. The van der Waals surface area contributed by atoms with Crippen LogP contribution in [0.2, 0.25) is 0 Å². The standard InChI is InChI=1S/C9H7F3N4S/c10-9(11,12)17-6-3-1-2-5(4-6)7-14-8(13)16-15-7/h1-4H,(H3,13,14,15,16). The summed E-state index contributed by atoms with van der Waals surface area (Å²) in [6.07, 6.45) is 0. The second kappa shape index (κ2) is 4.28. The third-order valence-corrected chi connectivity index (χ3v) is 2.56. The molecule has 0 amide bonds. The number of hydrogen-bond donors (Lipinski definition) is 2. The number of thioether (sulfide) groups is 1. The number of nitrogens with one attached hydrogen (secondary N) is 1. The molecule has 0 saturated carbocycles. The Bertz CT molecular complexity index is 523. The van der Waals surface area contributed by atoms with Gasteiger partial charge >= 0.3 is 5.51 Å². The van der Waals surface area contributed by atoms with E-state index in [1.54, 1.807) is 6.07 Å². The lowest BCUT2D eigenvalue weighted by molar-refractivity contribution is -0.0328. The van der Waals surface area contributed by atoms with Crippen molar-refractivity contribution in [2.45, 2.75) is 10.4 Å². The summed E-state index contributed by atoms with van der Waals surface area (Å²) in [6, 6.07) is 5.89. The smallest absolute Gasteiger partial charge is 0.366 e. The molecule has 0 bridgehead atoms. The summed E-state index contributed by atoms with van der Waals surface area (Å²) in [5.74, 6) is 0.390. The van der Waals surface area contributed by atoms with E-state index < -0.39 is 5.51 Å². The fourth-order valence-electron chi connectivity index (χ4n) is 1.24. The number of nitrogens with two attached hydrogens (primary N) is 1. The van der Waals surface area contributed by atoms with Crippen LogP contribution in [0.3, 0.4) is 0 Å². The first-order valence-corrected chi connectivity index (χ1v) is 5.30. The Kier molecular flexibility index (Phi) is 2.97. The van der Waals surface area contributed by atoms with Crippen molar-refractivity contribution in [3.8, 4) is 11.4 Å². The molecule has 0 spiro atoms. The lowest BCUT2D eigenvalue weighted by atomic mass is 10.2. The van der Waals surface area contributed by atoms with Crippen LogP contribution in [0.1, 0.15) is 0 Å². The molecule has 0 aliphatic rings. The van der Waals surface area contributed by atoms with Gasteiger partial charge in [-0.15, -0.1) is 5.10 Å². The number of alkyl halides is 3. The summed E-state index contributed by atoms with van der Waals surface area (Å²) >= 11 is -0.177. The predicted octanol–water partition coefficient (Wildman–Crippen LogP) is 2.67. The van der Waals surface area contributed by atoms with E-state index in [1.807, 2.05) is 0 Å². The van der Waals surface area contributed by atoms with Gasteiger partial charge in [0.25, 0.3) is 0 Å². The zero-order valence-electron chi connectivity index (χ0n) is 8.32. The fourth-order valence-corrected chi connectivity index (χ4v) is 1.84. The number of benzene rings is 1. The second-order valence-electron chi connectivity index (χ2n) is 3.12. The molecule has 0 fully saturated rings. The highest BCUT2D eigenvalue weighted by Gasteiger charge is 2.29. The van der Waals surface area contributed by atoms with Crippen molar-refractivity contribution in [3.05, 3.63) is 24.3 Å². The lowest BCUT2D eigenvalue weighted by Gasteiger charge is -2.06. The maximum absolute atomic E-state index is 12.2. The van der Waals surface area contributed by atoms with Gasteiger partial charge in [-0.1, -0.05) is 12.1 Å². The van der Waals surface area contributed by atoms with Crippen LogP contribution in [0.4, 0.5) is 19.1 Å². The maximum atomic E-state index is 12.2. The van der Waals surface area contributed by atoms with Gasteiger partial charge in [0.1, 0.15) is 0 Å². The van der Waals surface area contributed by atoms with Crippen LogP contribution in [0, 0.1) is 0 Å². The average molecular weight is 260 g/mol. The Labute approximate surface area is 98.4 Å². The van der Waals surface area contributed by atoms with E-state index in [0.29, 0.717) is 11.4 Å². The Morgan fingerprint density at radius 1 is 1.29 bits per heavy atom. The maximum Gasteiger partial charge on any atom is 0.446 e. The highest BCUT2D eigenvalue weighted by molar-refractivity contribution is 8.00.